The van der Waals surface area contributed by atoms with Gasteiger partial charge in [-0.2, -0.15) is 0 Å². The van der Waals surface area contributed by atoms with Crippen molar-refractivity contribution in [1.29, 1.82) is 0 Å². The second-order valence-electron chi connectivity index (χ2n) is 2.99. The van der Waals surface area contributed by atoms with E-state index in [2.05, 4.69) is 0 Å². The number of hydrogen-bond acceptors (Lipinski definition) is 1. The molecule has 2 rings (SSSR count). The third kappa shape index (κ3) is 2.48. The Morgan fingerprint density at radius 3 is 2.40 bits per heavy atom. The van der Waals surface area contributed by atoms with Gasteiger partial charge in [-0.3, -0.25) is 0 Å². The van der Waals surface area contributed by atoms with Gasteiger partial charge in [-0.05, 0) is 30.3 Å². The van der Waals surface area contributed by atoms with Crippen molar-refractivity contribution in [2.24, 2.45) is 0 Å². The van der Waals surface area contributed by atoms with Crippen LogP contribution in [-0.2, 0) is 0 Å². The Hall–Kier alpha value is -1.54. The van der Waals surface area contributed by atoms with Gasteiger partial charge >= 0.3 is 0 Å². The normalized spacial score (nSPS) is 10.0. The predicted octanol–water partition coefficient (Wildman–Crippen LogP) is 4.27. The summed E-state index contributed by atoms with van der Waals surface area (Å²) in [6, 6.07) is 13.2. The first-order valence-corrected chi connectivity index (χ1v) is 4.81. The van der Waals surface area contributed by atoms with Gasteiger partial charge < -0.3 is 4.74 Å². The van der Waals surface area contributed by atoms with E-state index in [1.807, 2.05) is 18.2 Å². The summed E-state index contributed by atoms with van der Waals surface area (Å²) < 4.78 is 18.2. The summed E-state index contributed by atoms with van der Waals surface area (Å²) in [5.41, 5.74) is 0. The van der Waals surface area contributed by atoms with Crippen LogP contribution >= 0.6 is 11.6 Å². The Morgan fingerprint density at radius 2 is 1.73 bits per heavy atom. The maximum Gasteiger partial charge on any atom is 0.146 e. The number of halogens is 2. The fraction of sp³-hybridized carbons (Fsp3) is 0. The first-order chi connectivity index (χ1) is 7.25. The Kier molecular flexibility index (Phi) is 2.88. The van der Waals surface area contributed by atoms with Gasteiger partial charge in [-0.1, -0.05) is 29.8 Å². The standard InChI is InChI=1S/C12H8ClFO/c13-11-8-9(14)6-7-12(11)15-10-4-2-1-3-5-10/h1-8H. The molecule has 2 aromatic rings. The summed E-state index contributed by atoms with van der Waals surface area (Å²) in [6.45, 7) is 0. The lowest BCUT2D eigenvalue weighted by Gasteiger charge is -2.06. The monoisotopic (exact) mass is 222 g/mol. The summed E-state index contributed by atoms with van der Waals surface area (Å²) in [5.74, 6) is 0.746. The van der Waals surface area contributed by atoms with Gasteiger partial charge in [0.1, 0.15) is 17.3 Å². The number of rotatable bonds is 2. The van der Waals surface area contributed by atoms with Gasteiger partial charge in [0.25, 0.3) is 0 Å². The largest absolute Gasteiger partial charge is 0.456 e. The Labute approximate surface area is 92.1 Å². The van der Waals surface area contributed by atoms with Crippen LogP contribution in [0, 0.1) is 5.82 Å². The lowest BCUT2D eigenvalue weighted by molar-refractivity contribution is 0.481. The van der Waals surface area contributed by atoms with Gasteiger partial charge in [-0.15, -0.1) is 0 Å². The summed E-state index contributed by atoms with van der Waals surface area (Å²) in [7, 11) is 0. The highest BCUT2D eigenvalue weighted by Gasteiger charge is 2.03. The van der Waals surface area contributed by atoms with Crippen LogP contribution in [-0.4, -0.2) is 0 Å². The molecule has 0 atom stereocenters. The van der Waals surface area contributed by atoms with E-state index in [9.17, 15) is 4.39 Å². The van der Waals surface area contributed by atoms with E-state index >= 15 is 0 Å². The molecule has 0 aliphatic carbocycles. The van der Waals surface area contributed by atoms with Gasteiger partial charge in [-0.25, -0.2) is 4.39 Å². The SMILES string of the molecule is Fc1ccc(Oc2ccccc2)c(Cl)c1. The van der Waals surface area contributed by atoms with E-state index in [-0.39, 0.29) is 10.8 Å². The minimum absolute atomic E-state index is 0.263. The molecular formula is C12H8ClFO. The van der Waals surface area contributed by atoms with Gasteiger partial charge in [0.2, 0.25) is 0 Å². The zero-order chi connectivity index (χ0) is 10.7. The van der Waals surface area contributed by atoms with Crippen LogP contribution in [0.5, 0.6) is 11.5 Å². The number of hydrogen-bond donors (Lipinski definition) is 0. The zero-order valence-corrected chi connectivity index (χ0v) is 8.54. The van der Waals surface area contributed by atoms with E-state index in [0.717, 1.165) is 0 Å². The molecule has 0 aromatic heterocycles. The summed E-state index contributed by atoms with van der Waals surface area (Å²) in [6.07, 6.45) is 0. The quantitative estimate of drug-likeness (QED) is 0.737. The minimum atomic E-state index is -0.375. The molecule has 0 N–H and O–H groups in total. The predicted molar refractivity (Wildman–Crippen MR) is 57.9 cm³/mol. The molecule has 0 unspecified atom stereocenters. The van der Waals surface area contributed by atoms with Crippen LogP contribution in [0.3, 0.4) is 0 Å². The first kappa shape index (κ1) is 9.99. The highest BCUT2D eigenvalue weighted by Crippen LogP contribution is 2.29. The van der Waals surface area contributed by atoms with E-state index in [1.54, 1.807) is 12.1 Å². The first-order valence-electron chi connectivity index (χ1n) is 4.43. The summed E-state index contributed by atoms with van der Waals surface area (Å²) in [5, 5.41) is 0.263. The van der Waals surface area contributed by atoms with Crippen molar-refractivity contribution in [3.63, 3.8) is 0 Å². The van der Waals surface area contributed by atoms with Gasteiger partial charge in [0.15, 0.2) is 0 Å². The van der Waals surface area contributed by atoms with Crippen LogP contribution in [0.4, 0.5) is 4.39 Å². The highest BCUT2D eigenvalue weighted by molar-refractivity contribution is 6.32. The Morgan fingerprint density at radius 1 is 1.00 bits per heavy atom. The van der Waals surface area contributed by atoms with Crippen LogP contribution in [0.25, 0.3) is 0 Å². The highest BCUT2D eigenvalue weighted by atomic mass is 35.5. The maximum absolute atomic E-state index is 12.7. The molecule has 0 fully saturated rings. The fourth-order valence-electron chi connectivity index (χ4n) is 1.17. The van der Waals surface area contributed by atoms with Crippen molar-refractivity contribution in [2.75, 3.05) is 0 Å². The van der Waals surface area contributed by atoms with Gasteiger partial charge in [0, 0.05) is 0 Å². The average molecular weight is 223 g/mol. The molecule has 0 spiro atoms. The molecule has 0 heterocycles. The molecular weight excluding hydrogens is 215 g/mol. The molecule has 0 radical (unpaired) electrons. The Bertz CT molecular complexity index is 456. The van der Waals surface area contributed by atoms with Crippen molar-refractivity contribution < 1.29 is 9.13 Å². The second-order valence-corrected chi connectivity index (χ2v) is 3.40. The van der Waals surface area contributed by atoms with Gasteiger partial charge in [0.05, 0.1) is 5.02 Å². The fourth-order valence-corrected chi connectivity index (χ4v) is 1.38. The van der Waals surface area contributed by atoms with E-state index in [4.69, 9.17) is 16.3 Å². The molecule has 0 bridgehead atoms. The van der Waals surface area contributed by atoms with Crippen molar-refractivity contribution >= 4 is 11.6 Å². The third-order valence-corrected chi connectivity index (χ3v) is 2.16. The number of para-hydroxylation sites is 1. The minimum Gasteiger partial charge on any atom is -0.456 e. The third-order valence-electron chi connectivity index (χ3n) is 1.86. The smallest absolute Gasteiger partial charge is 0.146 e. The molecule has 1 nitrogen and oxygen atoms in total. The molecule has 0 aliphatic rings. The van der Waals surface area contributed by atoms with Crippen molar-refractivity contribution in [2.45, 2.75) is 0 Å². The van der Waals surface area contributed by atoms with Crippen LogP contribution in [0.2, 0.25) is 5.02 Å². The average Bonchev–Trinajstić information content (AvgIpc) is 2.24. The number of benzene rings is 2. The van der Waals surface area contributed by atoms with E-state index in [0.29, 0.717) is 11.5 Å². The molecule has 15 heavy (non-hydrogen) atoms. The topological polar surface area (TPSA) is 9.23 Å². The maximum atomic E-state index is 12.7. The molecule has 76 valence electrons. The van der Waals surface area contributed by atoms with Crippen LogP contribution in [0.15, 0.2) is 48.5 Å². The zero-order valence-electron chi connectivity index (χ0n) is 7.78. The lowest BCUT2D eigenvalue weighted by atomic mass is 10.3. The van der Waals surface area contributed by atoms with Crippen molar-refractivity contribution in [3.05, 3.63) is 59.4 Å². The summed E-state index contributed by atoms with van der Waals surface area (Å²) in [4.78, 5) is 0. The van der Waals surface area contributed by atoms with E-state index in [1.165, 1.54) is 18.2 Å². The summed E-state index contributed by atoms with van der Waals surface area (Å²) >= 11 is 5.81. The Balaban J connectivity index is 2.25. The van der Waals surface area contributed by atoms with Crippen molar-refractivity contribution in [3.8, 4) is 11.5 Å². The molecule has 3 heteroatoms. The van der Waals surface area contributed by atoms with E-state index < -0.39 is 0 Å². The molecule has 0 aliphatic heterocycles. The molecule has 0 amide bonds. The lowest BCUT2D eigenvalue weighted by Crippen LogP contribution is -1.85. The number of ether oxygens (including phenoxy) is 1. The van der Waals surface area contributed by atoms with Crippen LogP contribution < -0.4 is 4.74 Å². The molecule has 2 aromatic carbocycles. The van der Waals surface area contributed by atoms with Crippen molar-refractivity contribution in [1.82, 2.24) is 0 Å². The van der Waals surface area contributed by atoms with Crippen LogP contribution in [0.1, 0.15) is 0 Å². The molecule has 0 saturated heterocycles. The molecule has 0 saturated carbocycles. The second kappa shape index (κ2) is 4.32.